The first-order chi connectivity index (χ1) is 11.5. The van der Waals surface area contributed by atoms with Crippen molar-refractivity contribution in [2.45, 2.75) is 19.5 Å². The van der Waals surface area contributed by atoms with Crippen LogP contribution >= 0.6 is 22.9 Å². The average molecular weight is 360 g/mol. The second-order valence-electron chi connectivity index (χ2n) is 5.69. The van der Waals surface area contributed by atoms with E-state index in [9.17, 15) is 4.79 Å². The molecule has 0 aliphatic heterocycles. The van der Waals surface area contributed by atoms with Crippen molar-refractivity contribution in [1.29, 1.82) is 0 Å². The summed E-state index contributed by atoms with van der Waals surface area (Å²) in [6.07, 6.45) is 0. The number of para-hydroxylation sites is 1. The van der Waals surface area contributed by atoms with Gasteiger partial charge in [0.1, 0.15) is 0 Å². The lowest BCUT2D eigenvalue weighted by atomic mass is 10.2. The van der Waals surface area contributed by atoms with Gasteiger partial charge in [-0.25, -0.2) is 4.98 Å². The molecule has 1 aromatic heterocycles. The van der Waals surface area contributed by atoms with E-state index in [-0.39, 0.29) is 11.9 Å². The predicted octanol–water partition coefficient (Wildman–Crippen LogP) is 4.41. The molecule has 3 aromatic rings. The molecule has 0 spiro atoms. The van der Waals surface area contributed by atoms with Gasteiger partial charge in [-0.15, -0.1) is 0 Å². The fourth-order valence-corrected chi connectivity index (χ4v) is 3.35. The zero-order chi connectivity index (χ0) is 17.1. The standard InChI is InChI=1S/C18H18ClN3OS/c1-12(22(2)11-13-7-9-14(19)10-8-13)17(23)21-18-20-15-5-3-4-6-16(15)24-18/h3-10,12H,11H2,1-2H3,(H,20,21,23). The van der Waals surface area contributed by atoms with Crippen molar-refractivity contribution in [3.63, 3.8) is 0 Å². The third kappa shape index (κ3) is 3.93. The van der Waals surface area contributed by atoms with Crippen LogP contribution in [0.4, 0.5) is 5.13 Å². The Hall–Kier alpha value is -1.95. The lowest BCUT2D eigenvalue weighted by Gasteiger charge is -2.23. The molecule has 1 atom stereocenters. The van der Waals surface area contributed by atoms with Crippen molar-refractivity contribution >= 4 is 44.2 Å². The Morgan fingerprint density at radius 3 is 2.67 bits per heavy atom. The number of hydrogen-bond donors (Lipinski definition) is 1. The molecule has 1 unspecified atom stereocenters. The van der Waals surface area contributed by atoms with Gasteiger partial charge < -0.3 is 5.32 Å². The van der Waals surface area contributed by atoms with Crippen LogP contribution in [-0.2, 0) is 11.3 Å². The van der Waals surface area contributed by atoms with Gasteiger partial charge in [-0.3, -0.25) is 9.69 Å². The van der Waals surface area contributed by atoms with E-state index in [1.165, 1.54) is 11.3 Å². The largest absolute Gasteiger partial charge is 0.301 e. The average Bonchev–Trinajstić information content (AvgIpc) is 2.98. The number of carbonyl (C=O) groups is 1. The van der Waals surface area contributed by atoms with Crippen LogP contribution < -0.4 is 5.32 Å². The number of rotatable bonds is 5. The molecular weight excluding hydrogens is 342 g/mol. The zero-order valence-corrected chi connectivity index (χ0v) is 15.1. The maximum Gasteiger partial charge on any atom is 0.243 e. The maximum atomic E-state index is 12.5. The summed E-state index contributed by atoms with van der Waals surface area (Å²) < 4.78 is 1.06. The van der Waals surface area contributed by atoms with Crippen LogP contribution in [0.1, 0.15) is 12.5 Å². The Bertz CT molecular complexity index is 814. The van der Waals surface area contributed by atoms with Crippen LogP contribution in [0.5, 0.6) is 0 Å². The minimum atomic E-state index is -0.271. The number of halogens is 1. The third-order valence-corrected chi connectivity index (χ3v) is 5.11. The van der Waals surface area contributed by atoms with Crippen LogP contribution in [0.15, 0.2) is 48.5 Å². The zero-order valence-electron chi connectivity index (χ0n) is 13.5. The molecule has 1 amide bonds. The van der Waals surface area contributed by atoms with Crippen LogP contribution in [0.25, 0.3) is 10.2 Å². The van der Waals surface area contributed by atoms with E-state index < -0.39 is 0 Å². The third-order valence-electron chi connectivity index (χ3n) is 3.91. The van der Waals surface area contributed by atoms with Crippen LogP contribution in [0.3, 0.4) is 0 Å². The van der Waals surface area contributed by atoms with Gasteiger partial charge in [-0.2, -0.15) is 0 Å². The smallest absolute Gasteiger partial charge is 0.243 e. The van der Waals surface area contributed by atoms with Gasteiger partial charge in [0.25, 0.3) is 0 Å². The number of likely N-dealkylation sites (N-methyl/N-ethyl adjacent to an activating group) is 1. The highest BCUT2D eigenvalue weighted by molar-refractivity contribution is 7.22. The summed E-state index contributed by atoms with van der Waals surface area (Å²) in [7, 11) is 1.93. The van der Waals surface area contributed by atoms with Crippen molar-refractivity contribution in [3.05, 3.63) is 59.1 Å². The van der Waals surface area contributed by atoms with E-state index in [1.54, 1.807) is 0 Å². The second-order valence-corrected chi connectivity index (χ2v) is 7.16. The van der Waals surface area contributed by atoms with Crippen LogP contribution in [-0.4, -0.2) is 28.9 Å². The fraction of sp³-hybridized carbons (Fsp3) is 0.222. The molecule has 1 heterocycles. The van der Waals surface area contributed by atoms with Gasteiger partial charge in [0, 0.05) is 11.6 Å². The molecule has 124 valence electrons. The molecule has 0 aliphatic carbocycles. The Balaban J connectivity index is 1.63. The minimum Gasteiger partial charge on any atom is -0.301 e. The molecule has 0 bridgehead atoms. The Labute approximate surface area is 150 Å². The summed E-state index contributed by atoms with van der Waals surface area (Å²) >= 11 is 7.39. The molecule has 6 heteroatoms. The molecule has 2 aromatic carbocycles. The molecule has 0 radical (unpaired) electrons. The Morgan fingerprint density at radius 2 is 1.96 bits per heavy atom. The lowest BCUT2D eigenvalue weighted by molar-refractivity contribution is -0.120. The number of hydrogen-bond acceptors (Lipinski definition) is 4. The summed E-state index contributed by atoms with van der Waals surface area (Å²) in [6, 6.07) is 15.2. The first-order valence-corrected chi connectivity index (χ1v) is 8.83. The van der Waals surface area contributed by atoms with E-state index in [1.807, 2.05) is 67.4 Å². The first-order valence-electron chi connectivity index (χ1n) is 7.64. The van der Waals surface area contributed by atoms with E-state index >= 15 is 0 Å². The fourth-order valence-electron chi connectivity index (χ4n) is 2.35. The summed E-state index contributed by atoms with van der Waals surface area (Å²) in [5, 5.41) is 4.26. The molecule has 0 fully saturated rings. The normalized spacial score (nSPS) is 12.5. The van der Waals surface area contributed by atoms with Gasteiger partial charge in [-0.1, -0.05) is 47.2 Å². The van der Waals surface area contributed by atoms with Crippen LogP contribution in [0, 0.1) is 0 Å². The Morgan fingerprint density at radius 1 is 1.25 bits per heavy atom. The van der Waals surface area contributed by atoms with Crippen LogP contribution in [0.2, 0.25) is 5.02 Å². The molecule has 0 saturated heterocycles. The number of nitrogens with one attached hydrogen (secondary N) is 1. The van der Waals surface area contributed by atoms with E-state index in [0.717, 1.165) is 15.8 Å². The van der Waals surface area contributed by atoms with Gasteiger partial charge in [0.15, 0.2) is 5.13 Å². The number of benzene rings is 2. The lowest BCUT2D eigenvalue weighted by Crippen LogP contribution is -2.39. The SMILES string of the molecule is CC(C(=O)Nc1nc2ccccc2s1)N(C)Cc1ccc(Cl)cc1. The number of nitrogens with zero attached hydrogens (tertiary/aromatic N) is 2. The molecule has 0 saturated carbocycles. The summed E-state index contributed by atoms with van der Waals surface area (Å²) in [5.74, 6) is -0.0643. The van der Waals surface area contributed by atoms with E-state index in [0.29, 0.717) is 16.7 Å². The van der Waals surface area contributed by atoms with E-state index in [2.05, 4.69) is 10.3 Å². The van der Waals surface area contributed by atoms with Crippen molar-refractivity contribution < 1.29 is 4.79 Å². The number of carbonyl (C=O) groups excluding carboxylic acids is 1. The quantitative estimate of drug-likeness (QED) is 0.734. The van der Waals surface area contributed by atoms with Gasteiger partial charge in [0.2, 0.25) is 5.91 Å². The summed E-state index contributed by atoms with van der Waals surface area (Å²) in [5.41, 5.74) is 2.02. The Kier molecular flexibility index (Phi) is 5.14. The number of amides is 1. The number of thiazole rings is 1. The van der Waals surface area contributed by atoms with Gasteiger partial charge in [0.05, 0.1) is 16.3 Å². The van der Waals surface area contributed by atoms with Gasteiger partial charge >= 0.3 is 0 Å². The molecular formula is C18H18ClN3OS. The highest BCUT2D eigenvalue weighted by Gasteiger charge is 2.19. The second kappa shape index (κ2) is 7.30. The van der Waals surface area contributed by atoms with Crippen molar-refractivity contribution in [1.82, 2.24) is 9.88 Å². The predicted molar refractivity (Wildman–Crippen MR) is 101 cm³/mol. The molecule has 0 aliphatic rings. The minimum absolute atomic E-state index is 0.0643. The van der Waals surface area contributed by atoms with Gasteiger partial charge in [-0.05, 0) is 43.8 Å². The number of fused-ring (bicyclic) bond motifs is 1. The van der Waals surface area contributed by atoms with Crippen molar-refractivity contribution in [2.75, 3.05) is 12.4 Å². The monoisotopic (exact) mass is 359 g/mol. The molecule has 24 heavy (non-hydrogen) atoms. The topological polar surface area (TPSA) is 45.2 Å². The highest BCUT2D eigenvalue weighted by Crippen LogP contribution is 2.25. The molecule has 4 nitrogen and oxygen atoms in total. The van der Waals surface area contributed by atoms with Crippen molar-refractivity contribution in [2.24, 2.45) is 0 Å². The molecule has 3 rings (SSSR count). The first kappa shape index (κ1) is 16.9. The summed E-state index contributed by atoms with van der Waals surface area (Å²) in [6.45, 7) is 2.56. The van der Waals surface area contributed by atoms with E-state index in [4.69, 9.17) is 11.6 Å². The summed E-state index contributed by atoms with van der Waals surface area (Å²) in [4.78, 5) is 18.9. The molecule has 1 N–H and O–H groups in total. The van der Waals surface area contributed by atoms with Crippen molar-refractivity contribution in [3.8, 4) is 0 Å². The number of aromatic nitrogens is 1. The number of anilines is 1. The highest BCUT2D eigenvalue weighted by atomic mass is 35.5. The maximum absolute atomic E-state index is 12.5.